The smallest absolute Gasteiger partial charge is 0.314 e. The molecule has 0 aromatic heterocycles. The van der Waals surface area contributed by atoms with E-state index in [1.54, 1.807) is 0 Å². The van der Waals surface area contributed by atoms with Gasteiger partial charge in [0.2, 0.25) is 0 Å². The third kappa shape index (κ3) is 133. The van der Waals surface area contributed by atoms with Crippen LogP contribution >= 0.6 is 0 Å². The zero-order chi connectivity index (χ0) is 17.6. The molecule has 0 heterocycles. The Bertz CT molecular complexity index is 326. The number of rotatable bonds is 6. The van der Waals surface area contributed by atoms with Gasteiger partial charge < -0.3 is 63.5 Å². The SMILES string of the molecule is O.O.O.O.O.O.O=C(O)CC(=O)O.O=C(O)CC(=O)O.O=C(O)CC(=O)O.[Eu].[Eu]. The first-order valence-corrected chi connectivity index (χ1v) is 4.69. The fourth-order valence-electron chi connectivity index (χ4n) is 0.388. The first-order chi connectivity index (χ1) is 9.38. The van der Waals surface area contributed by atoms with Gasteiger partial charge in [-0.25, -0.2) is 0 Å². The van der Waals surface area contributed by atoms with E-state index in [1.165, 1.54) is 0 Å². The Hall–Kier alpha value is -0.251. The minimum Gasteiger partial charge on any atom is -0.481 e. The van der Waals surface area contributed by atoms with E-state index in [0.717, 1.165) is 0 Å². The number of hydrogen-bond acceptors (Lipinski definition) is 6. The fraction of sp³-hybridized carbons (Fsp3) is 0.333. The van der Waals surface area contributed by atoms with Crippen molar-refractivity contribution in [3.63, 3.8) is 0 Å². The molecule has 0 bridgehead atoms. The molecule has 18 N–H and O–H groups in total. The van der Waals surface area contributed by atoms with Crippen LogP contribution in [0, 0.1) is 98.8 Å². The van der Waals surface area contributed by atoms with Crippen LogP contribution in [0.3, 0.4) is 0 Å². The molecule has 0 aromatic carbocycles. The van der Waals surface area contributed by atoms with E-state index >= 15 is 0 Å². The van der Waals surface area contributed by atoms with Crippen molar-refractivity contribution in [1.82, 2.24) is 0 Å². The number of aliphatic carboxylic acids is 6. The molecule has 0 amide bonds. The predicted molar refractivity (Wildman–Crippen MR) is 81.3 cm³/mol. The van der Waals surface area contributed by atoms with Gasteiger partial charge in [-0.1, -0.05) is 0 Å². The molecule has 0 aliphatic carbocycles. The number of carboxylic acid groups (broad SMARTS) is 6. The molecule has 182 valence electrons. The van der Waals surface area contributed by atoms with Gasteiger partial charge in [0, 0.05) is 98.8 Å². The second-order valence-electron chi connectivity index (χ2n) is 2.89. The van der Waals surface area contributed by atoms with E-state index in [-0.39, 0.29) is 132 Å². The third-order valence-electron chi connectivity index (χ3n) is 0.907. The van der Waals surface area contributed by atoms with Crippen LogP contribution in [0.15, 0.2) is 0 Å². The Balaban J connectivity index is -0.0000000164. The van der Waals surface area contributed by atoms with Crippen LogP contribution in [0.2, 0.25) is 0 Å². The molecule has 0 aliphatic rings. The van der Waals surface area contributed by atoms with Crippen molar-refractivity contribution in [1.29, 1.82) is 0 Å². The number of hydrogen-bond donors (Lipinski definition) is 6. The molecule has 0 aromatic rings. The second-order valence-corrected chi connectivity index (χ2v) is 2.89. The summed E-state index contributed by atoms with van der Waals surface area (Å²) in [6, 6.07) is 0. The molecule has 18 nitrogen and oxygen atoms in total. The summed E-state index contributed by atoms with van der Waals surface area (Å²) in [5.41, 5.74) is 0. The Morgan fingerprint density at radius 2 is 0.414 bits per heavy atom. The van der Waals surface area contributed by atoms with Crippen molar-refractivity contribution in [3.8, 4) is 0 Å². The molecular formula is C9H24Eu2O18. The van der Waals surface area contributed by atoms with Crippen LogP contribution < -0.4 is 0 Å². The van der Waals surface area contributed by atoms with Gasteiger partial charge in [-0.05, 0) is 0 Å². The predicted octanol–water partition coefficient (Wildman–Crippen LogP) is -6.31. The van der Waals surface area contributed by atoms with E-state index < -0.39 is 55.1 Å². The summed E-state index contributed by atoms with van der Waals surface area (Å²) < 4.78 is 0. The molecule has 20 heteroatoms. The van der Waals surface area contributed by atoms with E-state index in [9.17, 15) is 28.8 Å². The van der Waals surface area contributed by atoms with Crippen LogP contribution in [0.1, 0.15) is 19.3 Å². The van der Waals surface area contributed by atoms with Gasteiger partial charge >= 0.3 is 35.8 Å². The minimum absolute atomic E-state index is 0. The third-order valence-corrected chi connectivity index (χ3v) is 0.907. The average molecular weight is 724 g/mol. The maximum Gasteiger partial charge on any atom is 0.314 e. The van der Waals surface area contributed by atoms with Crippen LogP contribution in [-0.4, -0.2) is 99.3 Å². The average Bonchev–Trinajstić information content (AvgIpc) is 2.10. The summed E-state index contributed by atoms with van der Waals surface area (Å²) in [6.07, 6.45) is -2.42. The van der Waals surface area contributed by atoms with Crippen molar-refractivity contribution < 1.29 is 191 Å². The maximum absolute atomic E-state index is 9.43. The van der Waals surface area contributed by atoms with Crippen LogP contribution in [0.25, 0.3) is 0 Å². The van der Waals surface area contributed by atoms with Gasteiger partial charge in [-0.15, -0.1) is 0 Å². The van der Waals surface area contributed by atoms with Crippen LogP contribution in [0.4, 0.5) is 0 Å². The quantitative estimate of drug-likeness (QED) is 0.139. The van der Waals surface area contributed by atoms with E-state index in [0.29, 0.717) is 0 Å². The largest absolute Gasteiger partial charge is 0.481 e. The zero-order valence-corrected chi connectivity index (χ0v) is 18.9. The van der Waals surface area contributed by atoms with E-state index in [1.807, 2.05) is 0 Å². The van der Waals surface area contributed by atoms with Crippen molar-refractivity contribution in [2.24, 2.45) is 0 Å². The Labute approximate surface area is 242 Å². The van der Waals surface area contributed by atoms with Gasteiger partial charge in [-0.3, -0.25) is 28.8 Å². The Morgan fingerprint density at radius 3 is 0.414 bits per heavy atom. The van der Waals surface area contributed by atoms with E-state index in [2.05, 4.69) is 0 Å². The summed E-state index contributed by atoms with van der Waals surface area (Å²) >= 11 is 0. The number of carbonyl (C=O) groups is 6. The summed E-state index contributed by atoms with van der Waals surface area (Å²) in [5, 5.41) is 46.2. The summed E-state index contributed by atoms with van der Waals surface area (Å²) in [4.78, 5) is 56.6. The van der Waals surface area contributed by atoms with Crippen molar-refractivity contribution in [2.75, 3.05) is 0 Å². The monoisotopic (exact) mass is 726 g/mol. The van der Waals surface area contributed by atoms with E-state index in [4.69, 9.17) is 30.6 Å². The number of carboxylic acids is 6. The standard InChI is InChI=1S/3C3H4O4.2Eu.6H2O/c3*4-2(5)1-3(6)7;;;;;;;;/h3*1H2,(H,4,5)(H,6,7);;;6*1H2. The topological polar surface area (TPSA) is 413 Å². The molecule has 0 fully saturated rings. The van der Waals surface area contributed by atoms with Crippen molar-refractivity contribution in [2.45, 2.75) is 19.3 Å². The van der Waals surface area contributed by atoms with Crippen LogP contribution in [-0.2, 0) is 28.8 Å². The van der Waals surface area contributed by atoms with Gasteiger partial charge in [-0.2, -0.15) is 0 Å². The molecule has 0 saturated carbocycles. The summed E-state index contributed by atoms with van der Waals surface area (Å²) in [5.74, 6) is -7.88. The normalized spacial score (nSPS) is 5.79. The second kappa shape index (κ2) is 46.1. The minimum atomic E-state index is -1.31. The molecule has 29 heavy (non-hydrogen) atoms. The van der Waals surface area contributed by atoms with Gasteiger partial charge in [0.1, 0.15) is 19.3 Å². The molecule has 0 rings (SSSR count). The molecule has 0 spiro atoms. The Kier molecular flexibility index (Phi) is 112. The molecule has 0 atom stereocenters. The zero-order valence-electron chi connectivity index (χ0n) is 14.0. The van der Waals surface area contributed by atoms with Gasteiger partial charge in [0.15, 0.2) is 0 Å². The van der Waals surface area contributed by atoms with Crippen molar-refractivity contribution >= 4 is 35.8 Å². The van der Waals surface area contributed by atoms with Crippen LogP contribution in [0.5, 0.6) is 0 Å². The molecular weight excluding hydrogens is 700 g/mol. The first kappa shape index (κ1) is 70.3. The summed E-state index contributed by atoms with van der Waals surface area (Å²) in [6.45, 7) is 0. The van der Waals surface area contributed by atoms with Crippen molar-refractivity contribution in [3.05, 3.63) is 0 Å². The van der Waals surface area contributed by atoms with Gasteiger partial charge in [0.05, 0.1) is 0 Å². The summed E-state index contributed by atoms with van der Waals surface area (Å²) in [7, 11) is 0. The first-order valence-electron chi connectivity index (χ1n) is 4.69. The van der Waals surface area contributed by atoms with Gasteiger partial charge in [0.25, 0.3) is 0 Å². The maximum atomic E-state index is 9.43. The molecule has 0 aliphatic heterocycles. The molecule has 2 radical (unpaired) electrons. The molecule has 0 saturated heterocycles. The Morgan fingerprint density at radius 1 is 0.345 bits per heavy atom. The fourth-order valence-corrected chi connectivity index (χ4v) is 0.388. The molecule has 0 unspecified atom stereocenters.